The van der Waals surface area contributed by atoms with Gasteiger partial charge in [-0.05, 0) is 127 Å². The highest BCUT2D eigenvalue weighted by molar-refractivity contribution is 7.22. The number of aromatic carboxylic acids is 1. The molecular weight excluding hydrogens is 955 g/mol. The Hall–Kier alpha value is -7.34. The van der Waals surface area contributed by atoms with Gasteiger partial charge in [-0.3, -0.25) is 39.4 Å². The molecule has 0 radical (unpaired) electrons. The molecule has 2 saturated heterocycles. The Kier molecular flexibility index (Phi) is 14.2. The van der Waals surface area contributed by atoms with E-state index in [9.17, 15) is 29.1 Å². The lowest BCUT2D eigenvalue weighted by molar-refractivity contribution is -0.134. The lowest BCUT2D eigenvalue weighted by Crippen LogP contribution is -2.41. The first-order chi connectivity index (χ1) is 35.6. The number of carbonyl (C=O) groups is 5. The predicted molar refractivity (Wildman–Crippen MR) is 287 cm³/mol. The van der Waals surface area contributed by atoms with E-state index in [-0.39, 0.29) is 48.4 Å². The standard InChI is InChI=1S/C57H61N9O7S/c1-33-34(13-10-28-73-37-23-25-65(26-24-37)32-49(68)58-36-18-19-40-45(29-36)64(5)63-51(40)41-20-21-48(67)61-54(41)70)11-8-14-38(33)50-43(57(2,3)4)30-47(60-52(50)55(71)72)66-27-22-35-12-9-15-39(42(35)31-66)53(69)62-56-59-44-16-6-7-17-46(44)74-56/h6-9,11-12,14-19,29-30,37,41H,10,13,20-28,31-32H2,1-5H3,(H,58,68)(H,71,72)(H,59,62,69)(H,61,67,70). The van der Waals surface area contributed by atoms with Gasteiger partial charge >= 0.3 is 5.97 Å². The van der Waals surface area contributed by atoms with Gasteiger partial charge in [-0.25, -0.2) is 14.8 Å². The minimum absolute atomic E-state index is 0.000729. The number of piperidine rings is 2. The van der Waals surface area contributed by atoms with E-state index >= 15 is 0 Å². The number of carbonyl (C=O) groups excluding carboxylic acids is 4. The molecule has 0 bridgehead atoms. The van der Waals surface area contributed by atoms with Gasteiger partial charge in [0, 0.05) is 68.5 Å². The van der Waals surface area contributed by atoms with Gasteiger partial charge in [0.15, 0.2) is 10.8 Å². The molecule has 16 nitrogen and oxygen atoms in total. The van der Waals surface area contributed by atoms with Crippen LogP contribution in [0.3, 0.4) is 0 Å². The summed E-state index contributed by atoms with van der Waals surface area (Å²) in [6, 6.07) is 27.3. The summed E-state index contributed by atoms with van der Waals surface area (Å²) >= 11 is 1.43. The number of hydrogen-bond donors (Lipinski definition) is 4. The van der Waals surface area contributed by atoms with Gasteiger partial charge in [-0.15, -0.1) is 0 Å². The molecule has 17 heteroatoms. The molecule has 4 aromatic carbocycles. The molecule has 3 aromatic heterocycles. The Balaban J connectivity index is 0.753. The molecule has 1 unspecified atom stereocenters. The quantitative estimate of drug-likeness (QED) is 0.0596. The zero-order chi connectivity index (χ0) is 51.8. The summed E-state index contributed by atoms with van der Waals surface area (Å²) in [5.41, 5.74) is 9.45. The lowest BCUT2D eigenvalue weighted by atomic mass is 9.79. The van der Waals surface area contributed by atoms with E-state index in [2.05, 4.69) is 75.7 Å². The number of pyridine rings is 1. The van der Waals surface area contributed by atoms with Crippen molar-refractivity contribution in [2.75, 3.05) is 48.3 Å². The Morgan fingerprint density at radius 2 is 1.70 bits per heavy atom. The number of likely N-dealkylation sites (tertiary alicyclic amines) is 1. The van der Waals surface area contributed by atoms with Crippen LogP contribution >= 0.6 is 11.3 Å². The number of nitrogens with zero attached hydrogens (tertiary/aromatic N) is 6. The Bertz CT molecular complexity index is 3320. The molecule has 0 saturated carbocycles. The van der Waals surface area contributed by atoms with E-state index < -0.39 is 17.3 Å². The van der Waals surface area contributed by atoms with E-state index in [1.807, 2.05) is 72.8 Å². The summed E-state index contributed by atoms with van der Waals surface area (Å²) in [6.45, 7) is 11.7. The van der Waals surface area contributed by atoms with Gasteiger partial charge in [0.1, 0.15) is 5.82 Å². The lowest BCUT2D eigenvalue weighted by Gasteiger charge is -2.33. The van der Waals surface area contributed by atoms with Crippen LogP contribution in [0.1, 0.15) is 113 Å². The van der Waals surface area contributed by atoms with Crippen LogP contribution in [0.4, 0.5) is 16.6 Å². The van der Waals surface area contributed by atoms with Crippen LogP contribution in [0, 0.1) is 6.92 Å². The zero-order valence-electron chi connectivity index (χ0n) is 42.4. The fourth-order valence-electron chi connectivity index (χ4n) is 10.7. The summed E-state index contributed by atoms with van der Waals surface area (Å²) in [5, 5.41) is 25.3. The average Bonchev–Trinajstić information content (AvgIpc) is 3.94. The number of thiazole rings is 1. The molecule has 4 amide bonds. The monoisotopic (exact) mass is 1020 g/mol. The van der Waals surface area contributed by atoms with E-state index in [0.717, 1.165) is 93.3 Å². The van der Waals surface area contributed by atoms with Gasteiger partial charge in [0.25, 0.3) is 5.91 Å². The molecule has 74 heavy (non-hydrogen) atoms. The zero-order valence-corrected chi connectivity index (χ0v) is 43.2. The van der Waals surface area contributed by atoms with Gasteiger partial charge in [0.05, 0.1) is 40.0 Å². The maximum atomic E-state index is 13.8. The summed E-state index contributed by atoms with van der Waals surface area (Å²) in [5.74, 6) is -1.99. The van der Waals surface area contributed by atoms with Crippen molar-refractivity contribution in [3.05, 3.63) is 130 Å². The molecule has 0 spiro atoms. The average molecular weight is 1020 g/mol. The number of hydrogen-bond acceptors (Lipinski definition) is 12. The van der Waals surface area contributed by atoms with Crippen molar-refractivity contribution < 1.29 is 33.8 Å². The van der Waals surface area contributed by atoms with Crippen molar-refractivity contribution in [3.63, 3.8) is 0 Å². The van der Waals surface area contributed by atoms with Crippen molar-refractivity contribution in [1.29, 1.82) is 0 Å². The first-order valence-electron chi connectivity index (χ1n) is 25.4. The van der Waals surface area contributed by atoms with Gasteiger partial charge < -0.3 is 20.1 Å². The van der Waals surface area contributed by atoms with E-state index in [1.165, 1.54) is 11.3 Å². The molecule has 382 valence electrons. The van der Waals surface area contributed by atoms with Crippen LogP contribution in [-0.4, -0.2) is 98.2 Å². The smallest absolute Gasteiger partial charge is 0.355 e. The molecule has 2 fully saturated rings. The number of imide groups is 1. The second-order valence-electron chi connectivity index (χ2n) is 20.7. The van der Waals surface area contributed by atoms with E-state index in [1.54, 1.807) is 11.7 Å². The third-order valence-electron chi connectivity index (χ3n) is 14.7. The number of amides is 4. The van der Waals surface area contributed by atoms with Crippen molar-refractivity contribution in [2.24, 2.45) is 7.05 Å². The van der Waals surface area contributed by atoms with Gasteiger partial charge in [-0.1, -0.05) is 74.6 Å². The predicted octanol–water partition coefficient (Wildman–Crippen LogP) is 8.94. The maximum absolute atomic E-state index is 13.8. The largest absolute Gasteiger partial charge is 0.476 e. The van der Waals surface area contributed by atoms with Crippen molar-refractivity contribution in [2.45, 2.75) is 96.6 Å². The van der Waals surface area contributed by atoms with E-state index in [0.29, 0.717) is 66.0 Å². The van der Waals surface area contributed by atoms with Crippen LogP contribution in [0.15, 0.2) is 84.9 Å². The number of rotatable bonds is 14. The topological polar surface area (TPSA) is 201 Å². The van der Waals surface area contributed by atoms with Crippen LogP contribution in [0.2, 0.25) is 0 Å². The summed E-state index contributed by atoms with van der Waals surface area (Å²) < 4.78 is 9.08. The summed E-state index contributed by atoms with van der Waals surface area (Å²) in [7, 11) is 1.80. The number of aromatic nitrogens is 4. The molecule has 3 aliphatic rings. The van der Waals surface area contributed by atoms with Gasteiger partial charge in [0.2, 0.25) is 17.7 Å². The minimum Gasteiger partial charge on any atom is -0.476 e. The molecular formula is C57H61N9O7S. The highest BCUT2D eigenvalue weighted by Crippen LogP contribution is 2.41. The Morgan fingerprint density at radius 1 is 0.905 bits per heavy atom. The molecule has 1 atom stereocenters. The number of anilines is 3. The van der Waals surface area contributed by atoms with Crippen molar-refractivity contribution in [3.8, 4) is 11.1 Å². The number of carboxylic acid groups (broad SMARTS) is 1. The molecule has 4 N–H and O–H groups in total. The minimum atomic E-state index is -1.10. The van der Waals surface area contributed by atoms with Crippen molar-refractivity contribution in [1.82, 2.24) is 30.0 Å². The second kappa shape index (κ2) is 20.9. The number of fused-ring (bicyclic) bond motifs is 3. The highest BCUT2D eigenvalue weighted by Gasteiger charge is 2.33. The third kappa shape index (κ3) is 10.5. The Morgan fingerprint density at radius 3 is 2.47 bits per heavy atom. The summed E-state index contributed by atoms with van der Waals surface area (Å²) in [6.07, 6.45) is 4.61. The number of aryl methyl sites for hydroxylation is 2. The summed E-state index contributed by atoms with van der Waals surface area (Å²) in [4.78, 5) is 78.3. The first-order valence-corrected chi connectivity index (χ1v) is 26.2. The highest BCUT2D eigenvalue weighted by atomic mass is 32.1. The van der Waals surface area contributed by atoms with Gasteiger partial charge in [-0.2, -0.15) is 5.10 Å². The van der Waals surface area contributed by atoms with Crippen LogP contribution in [-0.2, 0) is 51.0 Å². The van der Waals surface area contributed by atoms with Crippen LogP contribution in [0.5, 0.6) is 0 Å². The molecule has 6 heterocycles. The van der Waals surface area contributed by atoms with Crippen molar-refractivity contribution >= 4 is 78.7 Å². The normalized spacial score (nSPS) is 16.6. The number of nitrogens with one attached hydrogen (secondary N) is 3. The fraction of sp³-hybridized carbons (Fsp3) is 0.368. The van der Waals surface area contributed by atoms with Crippen LogP contribution < -0.4 is 20.9 Å². The molecule has 7 aromatic rings. The molecule has 10 rings (SSSR count). The number of ether oxygens (including phenoxy) is 1. The van der Waals surface area contributed by atoms with E-state index in [4.69, 9.17) is 9.72 Å². The molecule has 3 aliphatic heterocycles. The fourth-order valence-corrected chi connectivity index (χ4v) is 11.6. The van der Waals surface area contributed by atoms with Crippen LogP contribution in [0.25, 0.3) is 32.2 Å². The molecule has 0 aliphatic carbocycles. The third-order valence-corrected chi connectivity index (χ3v) is 15.6. The number of carboxylic acids is 1. The maximum Gasteiger partial charge on any atom is 0.355 e. The second-order valence-corrected chi connectivity index (χ2v) is 21.7. The Labute approximate surface area is 433 Å². The number of benzene rings is 4. The number of para-hydroxylation sites is 1. The first kappa shape index (κ1) is 50.2. The SMILES string of the molecule is Cc1c(CCCOC2CCN(CC(=O)Nc3ccc4c(C5CCC(=O)NC5=O)nn(C)c4c3)CC2)cccc1-c1c(C(C)(C)C)cc(N2CCc3cccc(C(=O)Nc4nc5ccccc5s4)c3C2)nc1C(=O)O.